The highest BCUT2D eigenvalue weighted by Crippen LogP contribution is 2.17. The standard InChI is InChI=1S/C10H16N4O2S/c1-7(9(16)13-4-2-3-5-13)14-8(6-15)11-12-10(14)17/h7,15H,2-6H2,1H3,(H,12,17). The monoisotopic (exact) mass is 256 g/mol. The Morgan fingerprint density at radius 1 is 1.59 bits per heavy atom. The van der Waals surface area contributed by atoms with E-state index in [1.54, 1.807) is 11.5 Å². The van der Waals surface area contributed by atoms with Gasteiger partial charge in [0.25, 0.3) is 0 Å². The number of aromatic amines is 1. The zero-order chi connectivity index (χ0) is 12.4. The first-order valence-corrected chi connectivity index (χ1v) is 6.11. The summed E-state index contributed by atoms with van der Waals surface area (Å²) in [6, 6.07) is -0.415. The van der Waals surface area contributed by atoms with Gasteiger partial charge in [-0.25, -0.2) is 0 Å². The minimum atomic E-state index is -0.415. The van der Waals surface area contributed by atoms with Crippen LogP contribution in [0.4, 0.5) is 0 Å². The highest BCUT2D eigenvalue weighted by molar-refractivity contribution is 7.71. The summed E-state index contributed by atoms with van der Waals surface area (Å²) in [6.45, 7) is 3.17. The van der Waals surface area contributed by atoms with Crippen LogP contribution in [-0.4, -0.2) is 43.8 Å². The van der Waals surface area contributed by atoms with E-state index >= 15 is 0 Å². The van der Waals surface area contributed by atoms with E-state index in [-0.39, 0.29) is 12.5 Å². The van der Waals surface area contributed by atoms with Gasteiger partial charge in [-0.1, -0.05) is 0 Å². The molecule has 2 rings (SSSR count). The number of nitrogens with zero attached hydrogens (tertiary/aromatic N) is 3. The van der Waals surface area contributed by atoms with Gasteiger partial charge in [-0.15, -0.1) is 0 Å². The number of carbonyl (C=O) groups excluding carboxylic acids is 1. The zero-order valence-corrected chi connectivity index (χ0v) is 10.5. The molecule has 0 bridgehead atoms. The molecule has 6 nitrogen and oxygen atoms in total. The number of H-pyrrole nitrogens is 1. The fourth-order valence-corrected chi connectivity index (χ4v) is 2.47. The molecule has 0 saturated carbocycles. The van der Waals surface area contributed by atoms with Crippen LogP contribution in [0.3, 0.4) is 0 Å². The molecule has 1 atom stereocenters. The molecule has 2 N–H and O–H groups in total. The van der Waals surface area contributed by atoms with Crippen LogP contribution in [0, 0.1) is 4.77 Å². The predicted molar refractivity (Wildman–Crippen MR) is 63.9 cm³/mol. The Balaban J connectivity index is 2.23. The Morgan fingerprint density at radius 3 is 2.82 bits per heavy atom. The summed E-state index contributed by atoms with van der Waals surface area (Å²) in [5.74, 6) is 0.435. The van der Waals surface area contributed by atoms with Crippen molar-refractivity contribution < 1.29 is 9.90 Å². The van der Waals surface area contributed by atoms with Gasteiger partial charge < -0.3 is 10.0 Å². The van der Waals surface area contributed by atoms with Crippen molar-refractivity contribution in [3.8, 4) is 0 Å². The van der Waals surface area contributed by atoms with Crippen molar-refractivity contribution in [2.45, 2.75) is 32.4 Å². The molecular weight excluding hydrogens is 240 g/mol. The number of likely N-dealkylation sites (tertiary alicyclic amines) is 1. The van der Waals surface area contributed by atoms with Crippen LogP contribution < -0.4 is 0 Å². The summed E-state index contributed by atoms with van der Waals surface area (Å²) in [6.07, 6.45) is 2.12. The summed E-state index contributed by atoms with van der Waals surface area (Å²) in [4.78, 5) is 14.0. The number of hydrogen-bond donors (Lipinski definition) is 2. The fourth-order valence-electron chi connectivity index (χ4n) is 2.16. The smallest absolute Gasteiger partial charge is 0.245 e. The topological polar surface area (TPSA) is 74.2 Å². The van der Waals surface area contributed by atoms with Gasteiger partial charge in [0.05, 0.1) is 0 Å². The van der Waals surface area contributed by atoms with Gasteiger partial charge >= 0.3 is 0 Å². The van der Waals surface area contributed by atoms with Gasteiger partial charge in [0, 0.05) is 13.1 Å². The lowest BCUT2D eigenvalue weighted by molar-refractivity contribution is -0.133. The lowest BCUT2D eigenvalue weighted by Crippen LogP contribution is -2.34. The SMILES string of the molecule is CC(C(=O)N1CCCC1)n1c(CO)n[nH]c1=S. The second kappa shape index (κ2) is 4.97. The van der Waals surface area contributed by atoms with Gasteiger partial charge in [0.15, 0.2) is 10.6 Å². The Morgan fingerprint density at radius 2 is 2.24 bits per heavy atom. The average Bonchev–Trinajstić information content (AvgIpc) is 2.96. The van der Waals surface area contributed by atoms with Crippen molar-refractivity contribution in [1.82, 2.24) is 19.7 Å². The number of aromatic nitrogens is 3. The van der Waals surface area contributed by atoms with E-state index in [0.717, 1.165) is 25.9 Å². The van der Waals surface area contributed by atoms with Crippen molar-refractivity contribution in [2.75, 3.05) is 13.1 Å². The summed E-state index contributed by atoms with van der Waals surface area (Å²) < 4.78 is 1.95. The first kappa shape index (κ1) is 12.3. The molecule has 1 aliphatic rings. The molecule has 1 aliphatic heterocycles. The molecule has 1 fully saturated rings. The quantitative estimate of drug-likeness (QED) is 0.777. The Bertz CT molecular complexity index is 461. The maximum Gasteiger partial charge on any atom is 0.245 e. The third-order valence-corrected chi connectivity index (χ3v) is 3.37. The lowest BCUT2D eigenvalue weighted by atomic mass is 10.3. The highest BCUT2D eigenvalue weighted by Gasteiger charge is 2.26. The van der Waals surface area contributed by atoms with Crippen LogP contribution in [0.2, 0.25) is 0 Å². The highest BCUT2D eigenvalue weighted by atomic mass is 32.1. The van der Waals surface area contributed by atoms with E-state index in [4.69, 9.17) is 17.3 Å². The van der Waals surface area contributed by atoms with E-state index in [9.17, 15) is 4.79 Å². The minimum Gasteiger partial charge on any atom is -0.388 e. The van der Waals surface area contributed by atoms with E-state index < -0.39 is 6.04 Å². The molecule has 7 heteroatoms. The van der Waals surface area contributed by atoms with Gasteiger partial charge in [0.1, 0.15) is 12.6 Å². The van der Waals surface area contributed by atoms with Gasteiger partial charge in [-0.05, 0) is 32.0 Å². The summed E-state index contributed by atoms with van der Waals surface area (Å²) in [7, 11) is 0. The first-order chi connectivity index (χ1) is 8.15. The second-order valence-electron chi connectivity index (χ2n) is 4.18. The number of aliphatic hydroxyl groups is 1. The third kappa shape index (κ3) is 2.25. The van der Waals surface area contributed by atoms with Crippen molar-refractivity contribution in [3.05, 3.63) is 10.6 Å². The molecule has 0 radical (unpaired) electrons. The number of carbonyl (C=O) groups is 1. The Hall–Kier alpha value is -1.21. The van der Waals surface area contributed by atoms with Crippen LogP contribution in [-0.2, 0) is 11.4 Å². The molecule has 0 aliphatic carbocycles. The van der Waals surface area contributed by atoms with Crippen LogP contribution in [0.15, 0.2) is 0 Å². The number of hydrogen-bond acceptors (Lipinski definition) is 4. The maximum absolute atomic E-state index is 12.2. The molecule has 1 saturated heterocycles. The summed E-state index contributed by atoms with van der Waals surface area (Å²) >= 11 is 5.07. The Kier molecular flexibility index (Phi) is 3.58. The van der Waals surface area contributed by atoms with Crippen LogP contribution in [0.1, 0.15) is 31.6 Å². The molecule has 1 amide bonds. The molecule has 0 spiro atoms. The third-order valence-electron chi connectivity index (χ3n) is 3.08. The molecule has 2 heterocycles. The van der Waals surface area contributed by atoms with Crippen molar-refractivity contribution in [2.24, 2.45) is 0 Å². The molecule has 1 unspecified atom stereocenters. The first-order valence-electron chi connectivity index (χ1n) is 5.70. The molecule has 1 aromatic heterocycles. The van der Waals surface area contributed by atoms with Crippen molar-refractivity contribution in [3.63, 3.8) is 0 Å². The van der Waals surface area contributed by atoms with Gasteiger partial charge in [-0.2, -0.15) is 5.10 Å². The minimum absolute atomic E-state index is 0.0368. The molecule has 94 valence electrons. The van der Waals surface area contributed by atoms with Crippen LogP contribution in [0.5, 0.6) is 0 Å². The Labute approximate surface area is 104 Å². The van der Waals surface area contributed by atoms with E-state index in [1.165, 1.54) is 0 Å². The molecular formula is C10H16N4O2S. The van der Waals surface area contributed by atoms with Gasteiger partial charge in [-0.3, -0.25) is 14.5 Å². The zero-order valence-electron chi connectivity index (χ0n) is 9.72. The predicted octanol–water partition coefficient (Wildman–Crippen LogP) is 0.616. The maximum atomic E-state index is 12.2. The summed E-state index contributed by atoms with van der Waals surface area (Å²) in [5.41, 5.74) is 0. The van der Waals surface area contributed by atoms with Crippen molar-refractivity contribution >= 4 is 18.1 Å². The van der Waals surface area contributed by atoms with Gasteiger partial charge in [0.2, 0.25) is 5.91 Å². The number of aliphatic hydroxyl groups excluding tert-OH is 1. The second-order valence-corrected chi connectivity index (χ2v) is 4.57. The largest absolute Gasteiger partial charge is 0.388 e. The average molecular weight is 256 g/mol. The summed E-state index contributed by atoms with van der Waals surface area (Å²) in [5, 5.41) is 15.6. The molecule has 0 aromatic carbocycles. The fraction of sp³-hybridized carbons (Fsp3) is 0.700. The van der Waals surface area contributed by atoms with Crippen LogP contribution >= 0.6 is 12.2 Å². The number of nitrogens with one attached hydrogen (secondary N) is 1. The molecule has 1 aromatic rings. The normalized spacial score (nSPS) is 17.4. The van der Waals surface area contributed by atoms with E-state index in [1.807, 2.05) is 4.90 Å². The molecule has 17 heavy (non-hydrogen) atoms. The lowest BCUT2D eigenvalue weighted by Gasteiger charge is -2.21. The number of amides is 1. The number of rotatable bonds is 3. The van der Waals surface area contributed by atoms with Crippen molar-refractivity contribution in [1.29, 1.82) is 0 Å². The van der Waals surface area contributed by atoms with Crippen LogP contribution in [0.25, 0.3) is 0 Å². The van der Waals surface area contributed by atoms with E-state index in [2.05, 4.69) is 10.2 Å². The van der Waals surface area contributed by atoms with E-state index in [0.29, 0.717) is 10.6 Å².